The minimum atomic E-state index is -4.98. The third kappa shape index (κ3) is 3.70. The Morgan fingerprint density at radius 3 is 2.62 bits per heavy atom. The van der Waals surface area contributed by atoms with Gasteiger partial charge >= 0.3 is 6.36 Å². The number of halogens is 5. The molecule has 1 aliphatic rings. The molecule has 0 spiro atoms. The number of rotatable bonds is 4. The molecule has 1 aromatic heterocycles. The zero-order valence-electron chi connectivity index (χ0n) is 15.7. The number of allylic oxidation sites excluding steroid dienone is 2. The van der Waals surface area contributed by atoms with Crippen molar-refractivity contribution in [1.29, 1.82) is 0 Å². The number of hydrogen-bond acceptors (Lipinski definition) is 2. The molecular weight excluding hydrogens is 391 g/mol. The minimum absolute atomic E-state index is 0.00571. The molecule has 0 saturated carbocycles. The Morgan fingerprint density at radius 2 is 1.97 bits per heavy atom. The summed E-state index contributed by atoms with van der Waals surface area (Å²) in [4.78, 5) is 0. The van der Waals surface area contributed by atoms with Crippen LogP contribution in [0.3, 0.4) is 0 Å². The Hall–Kier alpha value is -2.57. The highest BCUT2D eigenvalue weighted by Crippen LogP contribution is 2.44. The van der Waals surface area contributed by atoms with Crippen LogP contribution < -0.4 is 4.74 Å². The van der Waals surface area contributed by atoms with Crippen LogP contribution in [0.5, 0.6) is 5.75 Å². The number of ether oxygens (including phenoxy) is 1. The van der Waals surface area contributed by atoms with Gasteiger partial charge in [-0.1, -0.05) is 38.0 Å². The average molecular weight is 410 g/mol. The van der Waals surface area contributed by atoms with Gasteiger partial charge in [0, 0.05) is 10.9 Å². The van der Waals surface area contributed by atoms with Gasteiger partial charge in [-0.25, -0.2) is 8.78 Å². The zero-order chi connectivity index (χ0) is 20.8. The fourth-order valence-corrected chi connectivity index (χ4v) is 4.12. The zero-order valence-corrected chi connectivity index (χ0v) is 15.7. The largest absolute Gasteiger partial charge is 0.573 e. The topological polar surface area (TPSA) is 22.4 Å². The molecule has 1 unspecified atom stereocenters. The Kier molecular flexibility index (Phi) is 5.00. The van der Waals surface area contributed by atoms with Crippen LogP contribution in [0.4, 0.5) is 22.0 Å². The van der Waals surface area contributed by atoms with Crippen molar-refractivity contribution in [3.8, 4) is 5.75 Å². The second kappa shape index (κ2) is 7.35. The normalized spacial score (nSPS) is 17.7. The molecule has 2 nitrogen and oxygen atoms in total. The molecule has 3 aromatic rings. The van der Waals surface area contributed by atoms with Crippen LogP contribution in [0.1, 0.15) is 44.6 Å². The summed E-state index contributed by atoms with van der Waals surface area (Å²) in [5.74, 6) is -1.69. The van der Waals surface area contributed by atoms with E-state index in [1.54, 1.807) is 0 Å². The average Bonchev–Trinajstić information content (AvgIpc) is 3.06. The molecule has 0 fully saturated rings. The monoisotopic (exact) mass is 410 g/mol. The molecule has 7 heteroatoms. The number of fused-ring (bicyclic) bond motifs is 3. The van der Waals surface area contributed by atoms with Gasteiger partial charge in [0.1, 0.15) is 5.75 Å². The van der Waals surface area contributed by atoms with E-state index >= 15 is 4.39 Å². The van der Waals surface area contributed by atoms with Gasteiger partial charge in [0.05, 0.1) is 5.39 Å². The molecule has 1 heterocycles. The fourth-order valence-electron chi connectivity index (χ4n) is 4.12. The SMILES string of the molecule is CCCC1CC=C(c2cc(OC(F)(F)F)c3c(oc4c(F)cccc43)c2F)CC1. The number of alkyl halides is 3. The van der Waals surface area contributed by atoms with Gasteiger partial charge in [-0.3, -0.25) is 0 Å². The van der Waals surface area contributed by atoms with E-state index in [0.29, 0.717) is 17.9 Å². The van der Waals surface area contributed by atoms with Crippen LogP contribution in [0.25, 0.3) is 27.5 Å². The molecule has 1 aliphatic carbocycles. The molecule has 0 radical (unpaired) electrons. The Balaban J connectivity index is 1.92. The van der Waals surface area contributed by atoms with Gasteiger partial charge in [0.2, 0.25) is 0 Å². The van der Waals surface area contributed by atoms with Crippen molar-refractivity contribution < 1.29 is 31.1 Å². The molecule has 0 aliphatic heterocycles. The van der Waals surface area contributed by atoms with E-state index < -0.39 is 29.3 Å². The van der Waals surface area contributed by atoms with Gasteiger partial charge < -0.3 is 9.15 Å². The molecule has 0 N–H and O–H groups in total. The third-order valence-corrected chi connectivity index (χ3v) is 5.41. The maximum atomic E-state index is 15.3. The third-order valence-electron chi connectivity index (χ3n) is 5.41. The lowest BCUT2D eigenvalue weighted by atomic mass is 9.84. The van der Waals surface area contributed by atoms with Gasteiger partial charge in [0.15, 0.2) is 22.8 Å². The van der Waals surface area contributed by atoms with Crippen LogP contribution in [0.15, 0.2) is 34.8 Å². The highest BCUT2D eigenvalue weighted by atomic mass is 19.4. The Morgan fingerprint density at radius 1 is 1.17 bits per heavy atom. The summed E-state index contributed by atoms with van der Waals surface area (Å²) in [7, 11) is 0. The lowest BCUT2D eigenvalue weighted by Crippen LogP contribution is -2.17. The van der Waals surface area contributed by atoms with E-state index in [-0.39, 0.29) is 21.9 Å². The van der Waals surface area contributed by atoms with Crippen molar-refractivity contribution in [1.82, 2.24) is 0 Å². The lowest BCUT2D eigenvalue weighted by molar-refractivity contribution is -0.274. The second-order valence-corrected chi connectivity index (χ2v) is 7.37. The summed E-state index contributed by atoms with van der Waals surface area (Å²) >= 11 is 0. The molecule has 4 rings (SSSR count). The first-order valence-electron chi connectivity index (χ1n) is 9.57. The molecule has 1 atom stereocenters. The summed E-state index contributed by atoms with van der Waals surface area (Å²) in [6.07, 6.45) is 1.11. The van der Waals surface area contributed by atoms with Crippen molar-refractivity contribution >= 4 is 27.5 Å². The summed E-state index contributed by atoms with van der Waals surface area (Å²) in [6.45, 7) is 2.09. The number of furan rings is 1. The van der Waals surface area contributed by atoms with Crippen molar-refractivity contribution in [2.45, 2.75) is 45.4 Å². The first-order valence-corrected chi connectivity index (χ1v) is 9.57. The summed E-state index contributed by atoms with van der Waals surface area (Å²) in [6, 6.07) is 4.86. The van der Waals surface area contributed by atoms with Crippen molar-refractivity contribution in [3.05, 3.63) is 47.5 Å². The van der Waals surface area contributed by atoms with Gasteiger partial charge in [0.25, 0.3) is 0 Å². The molecule has 0 bridgehead atoms. The van der Waals surface area contributed by atoms with Crippen LogP contribution in [0, 0.1) is 17.6 Å². The lowest BCUT2D eigenvalue weighted by Gasteiger charge is -2.22. The van der Waals surface area contributed by atoms with Gasteiger partial charge in [-0.05, 0) is 42.9 Å². The smallest absolute Gasteiger partial charge is 0.450 e. The number of para-hydroxylation sites is 1. The predicted molar refractivity (Wildman–Crippen MR) is 101 cm³/mol. The highest BCUT2D eigenvalue weighted by molar-refractivity contribution is 6.09. The van der Waals surface area contributed by atoms with Crippen LogP contribution in [-0.4, -0.2) is 6.36 Å². The second-order valence-electron chi connectivity index (χ2n) is 7.37. The summed E-state index contributed by atoms with van der Waals surface area (Å²) in [5.41, 5.74) is -0.111. The minimum Gasteiger partial charge on any atom is -0.450 e. The number of hydrogen-bond donors (Lipinski definition) is 0. The predicted octanol–water partition coefficient (Wildman–Crippen LogP) is 7.75. The first kappa shape index (κ1) is 19.7. The van der Waals surface area contributed by atoms with E-state index in [0.717, 1.165) is 37.8 Å². The standard InChI is InChI=1S/C22H19F5O2/c1-2-4-12-7-9-13(10-8-12)15-11-17(29-22(25,26)27)18-14-5-3-6-16(23)20(14)28-21(18)19(15)24/h3,5-6,9,11-12H,2,4,7-8,10H2,1H3. The molecule has 0 saturated heterocycles. The molecular formula is C22H19F5O2. The molecule has 2 aromatic carbocycles. The van der Waals surface area contributed by atoms with Gasteiger partial charge in [-0.2, -0.15) is 0 Å². The molecule has 29 heavy (non-hydrogen) atoms. The number of benzene rings is 2. The summed E-state index contributed by atoms with van der Waals surface area (Å²) < 4.78 is 78.0. The van der Waals surface area contributed by atoms with Crippen LogP contribution >= 0.6 is 0 Å². The first-order chi connectivity index (χ1) is 13.8. The van der Waals surface area contributed by atoms with E-state index in [1.807, 2.05) is 6.08 Å². The maximum Gasteiger partial charge on any atom is 0.573 e. The van der Waals surface area contributed by atoms with Crippen molar-refractivity contribution in [3.63, 3.8) is 0 Å². The maximum absolute atomic E-state index is 15.3. The van der Waals surface area contributed by atoms with Crippen LogP contribution in [-0.2, 0) is 0 Å². The quantitative estimate of drug-likeness (QED) is 0.410. The molecule has 154 valence electrons. The fraction of sp³-hybridized carbons (Fsp3) is 0.364. The van der Waals surface area contributed by atoms with Crippen LogP contribution in [0.2, 0.25) is 0 Å². The van der Waals surface area contributed by atoms with E-state index in [4.69, 9.17) is 4.42 Å². The highest BCUT2D eigenvalue weighted by Gasteiger charge is 2.34. The Bertz CT molecular complexity index is 1090. The van der Waals surface area contributed by atoms with Gasteiger partial charge in [-0.15, -0.1) is 13.2 Å². The van der Waals surface area contributed by atoms with E-state index in [1.165, 1.54) is 12.1 Å². The van der Waals surface area contributed by atoms with Crippen molar-refractivity contribution in [2.75, 3.05) is 0 Å². The van der Waals surface area contributed by atoms with E-state index in [9.17, 15) is 17.6 Å². The molecule has 0 amide bonds. The Labute approximate surface area is 163 Å². The van der Waals surface area contributed by atoms with Crippen molar-refractivity contribution in [2.24, 2.45) is 5.92 Å². The van der Waals surface area contributed by atoms with E-state index in [2.05, 4.69) is 11.7 Å². The summed E-state index contributed by atoms with van der Waals surface area (Å²) in [5, 5.41) is -0.191.